The summed E-state index contributed by atoms with van der Waals surface area (Å²) in [6.45, 7) is 4.09. The Morgan fingerprint density at radius 2 is 2.00 bits per heavy atom. The van der Waals surface area contributed by atoms with E-state index in [1.54, 1.807) is 0 Å². The standard InChI is InChI=1S/C9H13AsN/c1-7-5-8(2)11-9(6-7)10(3)4/h6H,1-4H3. The molecule has 0 atom stereocenters. The van der Waals surface area contributed by atoms with Gasteiger partial charge in [0.1, 0.15) is 0 Å². The van der Waals surface area contributed by atoms with Gasteiger partial charge in [-0.05, 0) is 0 Å². The minimum atomic E-state index is -0.778. The molecule has 0 unspecified atom stereocenters. The molecule has 0 aromatic carbocycles. The number of hydrogen-bond donors (Lipinski definition) is 0. The van der Waals surface area contributed by atoms with E-state index in [1.807, 2.05) is 6.92 Å². The molecule has 0 aliphatic heterocycles. The van der Waals surface area contributed by atoms with Gasteiger partial charge in [0, 0.05) is 0 Å². The zero-order valence-electron chi connectivity index (χ0n) is 7.47. The topological polar surface area (TPSA) is 12.9 Å². The predicted octanol–water partition coefficient (Wildman–Crippen LogP) is 1.46. The summed E-state index contributed by atoms with van der Waals surface area (Å²) in [7, 11) is 0. The summed E-state index contributed by atoms with van der Waals surface area (Å²) in [5.41, 5.74) is 6.85. The van der Waals surface area contributed by atoms with Crippen LogP contribution in [-0.2, 0) is 0 Å². The first kappa shape index (κ1) is 8.80. The van der Waals surface area contributed by atoms with E-state index < -0.39 is 14.7 Å². The summed E-state index contributed by atoms with van der Waals surface area (Å²) >= 11 is -0.778. The second kappa shape index (κ2) is 3.40. The Morgan fingerprint density at radius 3 is 2.45 bits per heavy atom. The fourth-order valence-electron chi connectivity index (χ4n) is 0.976. The Bertz CT molecular complexity index is 235. The molecular weight excluding hydrogens is 197 g/mol. The SMILES string of the molecule is Cc1[c]c(C)nc([As](C)C)c1. The molecule has 0 fully saturated rings. The second-order valence-corrected chi connectivity index (χ2v) is 7.62. The normalized spacial score (nSPS) is 10.6. The van der Waals surface area contributed by atoms with Crippen molar-refractivity contribution >= 4 is 19.1 Å². The molecule has 0 aliphatic carbocycles. The van der Waals surface area contributed by atoms with Crippen LogP contribution in [0.5, 0.6) is 0 Å². The van der Waals surface area contributed by atoms with Gasteiger partial charge in [-0.1, -0.05) is 0 Å². The molecule has 1 nitrogen and oxygen atoms in total. The van der Waals surface area contributed by atoms with Gasteiger partial charge in [-0.3, -0.25) is 0 Å². The van der Waals surface area contributed by atoms with E-state index in [2.05, 4.69) is 35.5 Å². The van der Waals surface area contributed by atoms with Crippen LogP contribution < -0.4 is 4.48 Å². The molecule has 1 heterocycles. The molecule has 0 spiro atoms. The third-order valence-corrected chi connectivity index (χ3v) is 3.87. The van der Waals surface area contributed by atoms with Gasteiger partial charge in [-0.2, -0.15) is 0 Å². The van der Waals surface area contributed by atoms with Gasteiger partial charge in [0.15, 0.2) is 0 Å². The van der Waals surface area contributed by atoms with Gasteiger partial charge in [0.2, 0.25) is 0 Å². The second-order valence-electron chi connectivity index (χ2n) is 2.90. The fraction of sp³-hybridized carbons (Fsp3) is 0.444. The first-order valence-corrected chi connectivity index (χ1v) is 8.33. The van der Waals surface area contributed by atoms with Crippen molar-refractivity contribution in [2.24, 2.45) is 0 Å². The van der Waals surface area contributed by atoms with Crippen molar-refractivity contribution in [3.8, 4) is 0 Å². The van der Waals surface area contributed by atoms with Crippen LogP contribution in [0.1, 0.15) is 11.3 Å². The summed E-state index contributed by atoms with van der Waals surface area (Å²) in [6.07, 6.45) is 0. The Labute approximate surface area is 73.1 Å². The molecule has 0 amide bonds. The Kier molecular flexibility index (Phi) is 2.72. The summed E-state index contributed by atoms with van der Waals surface area (Å²) in [6, 6.07) is 5.34. The molecule has 1 rings (SSSR count). The van der Waals surface area contributed by atoms with Crippen molar-refractivity contribution in [2.75, 3.05) is 0 Å². The van der Waals surface area contributed by atoms with Crippen molar-refractivity contribution in [1.29, 1.82) is 0 Å². The van der Waals surface area contributed by atoms with E-state index in [0.29, 0.717) is 0 Å². The number of nitrogens with zero attached hydrogens (tertiary/aromatic N) is 1. The van der Waals surface area contributed by atoms with Crippen molar-refractivity contribution < 1.29 is 0 Å². The average molecular weight is 210 g/mol. The van der Waals surface area contributed by atoms with Crippen molar-refractivity contribution in [2.45, 2.75) is 25.3 Å². The van der Waals surface area contributed by atoms with Crippen LogP contribution in [-0.4, -0.2) is 19.6 Å². The van der Waals surface area contributed by atoms with Crippen molar-refractivity contribution in [3.63, 3.8) is 0 Å². The average Bonchev–Trinajstić information content (AvgIpc) is 1.85. The maximum atomic E-state index is 4.44. The van der Waals surface area contributed by atoms with Gasteiger partial charge in [-0.25, -0.2) is 0 Å². The Hall–Kier alpha value is -0.292. The third-order valence-electron chi connectivity index (χ3n) is 1.46. The number of rotatable bonds is 1. The van der Waals surface area contributed by atoms with E-state index in [1.165, 1.54) is 10.0 Å². The molecule has 0 saturated carbocycles. The molecule has 0 aliphatic rings. The van der Waals surface area contributed by atoms with Crippen LogP contribution in [0.25, 0.3) is 0 Å². The summed E-state index contributed by atoms with van der Waals surface area (Å²) < 4.78 is 1.31. The van der Waals surface area contributed by atoms with E-state index in [4.69, 9.17) is 0 Å². The molecule has 1 aromatic heterocycles. The number of aromatic nitrogens is 1. The van der Waals surface area contributed by atoms with Gasteiger partial charge in [0.25, 0.3) is 0 Å². The van der Waals surface area contributed by atoms with E-state index in [9.17, 15) is 0 Å². The Balaban J connectivity index is 3.08. The molecule has 11 heavy (non-hydrogen) atoms. The monoisotopic (exact) mass is 210 g/mol. The molecule has 0 saturated heterocycles. The summed E-state index contributed by atoms with van der Waals surface area (Å²) in [5.74, 6) is 0. The molecule has 1 aromatic rings. The molecule has 2 heteroatoms. The molecule has 0 bridgehead atoms. The number of pyridine rings is 1. The number of hydrogen-bond acceptors (Lipinski definition) is 1. The third kappa shape index (κ3) is 2.34. The van der Waals surface area contributed by atoms with E-state index >= 15 is 0 Å². The maximum absolute atomic E-state index is 4.44. The van der Waals surface area contributed by atoms with Crippen molar-refractivity contribution in [3.05, 3.63) is 23.4 Å². The van der Waals surface area contributed by atoms with Crippen molar-refractivity contribution in [1.82, 2.24) is 4.98 Å². The van der Waals surface area contributed by atoms with Crippen LogP contribution in [0, 0.1) is 19.9 Å². The van der Waals surface area contributed by atoms with Gasteiger partial charge >= 0.3 is 72.8 Å². The first-order chi connectivity index (χ1) is 5.09. The fourth-order valence-corrected chi connectivity index (χ4v) is 2.66. The summed E-state index contributed by atoms with van der Waals surface area (Å²) in [4.78, 5) is 4.44. The predicted molar refractivity (Wildman–Crippen MR) is 49.7 cm³/mol. The number of aryl methyl sites for hydroxylation is 2. The molecule has 0 N–H and O–H groups in total. The zero-order chi connectivity index (χ0) is 8.43. The van der Waals surface area contributed by atoms with Crippen LogP contribution in [0.2, 0.25) is 11.4 Å². The molecular formula is C9H13AsN. The van der Waals surface area contributed by atoms with E-state index in [-0.39, 0.29) is 0 Å². The molecule has 1 radical (unpaired) electrons. The Morgan fingerprint density at radius 1 is 1.36 bits per heavy atom. The van der Waals surface area contributed by atoms with Crippen LogP contribution >= 0.6 is 0 Å². The van der Waals surface area contributed by atoms with Crippen LogP contribution in [0.4, 0.5) is 0 Å². The minimum absolute atomic E-state index is 0.778. The van der Waals surface area contributed by atoms with Crippen LogP contribution in [0.15, 0.2) is 6.07 Å². The molecule has 59 valence electrons. The van der Waals surface area contributed by atoms with Crippen LogP contribution in [0.3, 0.4) is 0 Å². The van der Waals surface area contributed by atoms with Gasteiger partial charge in [0.05, 0.1) is 0 Å². The zero-order valence-corrected chi connectivity index (χ0v) is 9.35. The quantitative estimate of drug-likeness (QED) is 0.639. The van der Waals surface area contributed by atoms with Gasteiger partial charge in [-0.15, -0.1) is 0 Å². The van der Waals surface area contributed by atoms with E-state index in [0.717, 1.165) is 5.69 Å². The van der Waals surface area contributed by atoms with Gasteiger partial charge < -0.3 is 0 Å². The summed E-state index contributed by atoms with van der Waals surface area (Å²) in [5, 5.41) is 0. The first-order valence-electron chi connectivity index (χ1n) is 3.64.